The molecule has 0 bridgehead atoms. The molecule has 0 saturated heterocycles. The molecule has 0 aromatic heterocycles. The van der Waals surface area contributed by atoms with Crippen molar-refractivity contribution in [3.63, 3.8) is 0 Å². The van der Waals surface area contributed by atoms with Crippen LogP contribution in [0.15, 0.2) is 297 Å². The van der Waals surface area contributed by atoms with Crippen molar-refractivity contribution in [3.05, 3.63) is 320 Å². The maximum atomic E-state index is 2.45. The van der Waals surface area contributed by atoms with Gasteiger partial charge in [-0.2, -0.15) is 0 Å². The minimum Gasteiger partial charge on any atom is -0.310 e. The lowest BCUT2D eigenvalue weighted by molar-refractivity contribution is 0.769. The van der Waals surface area contributed by atoms with Crippen LogP contribution >= 0.6 is 0 Å². The summed E-state index contributed by atoms with van der Waals surface area (Å²) in [6, 6.07) is 109. The van der Waals surface area contributed by atoms with Crippen molar-refractivity contribution in [2.24, 2.45) is 0 Å². The van der Waals surface area contributed by atoms with Crippen LogP contribution in [0.5, 0.6) is 0 Å². The smallest absolute Gasteiger partial charge is 0.0713 e. The average Bonchev–Trinajstić information content (AvgIpc) is 3.77. The van der Waals surface area contributed by atoms with Crippen molar-refractivity contribution >= 4 is 27.8 Å². The van der Waals surface area contributed by atoms with Crippen LogP contribution in [0.2, 0.25) is 0 Å². The monoisotopic (exact) mass is 915 g/mol. The predicted molar refractivity (Wildman–Crippen MR) is 303 cm³/mol. The van der Waals surface area contributed by atoms with Gasteiger partial charge in [0.15, 0.2) is 0 Å². The fraction of sp³-hybridized carbons (Fsp3) is 0.0141. The Morgan fingerprint density at radius 1 is 0.236 bits per heavy atom. The number of hydrogen-bond donors (Lipinski definition) is 0. The van der Waals surface area contributed by atoms with E-state index in [0.717, 1.165) is 39.3 Å². The van der Waals surface area contributed by atoms with Crippen molar-refractivity contribution < 1.29 is 0 Å². The Balaban J connectivity index is 0.943. The lowest BCUT2D eigenvalue weighted by atomic mass is 9.67. The van der Waals surface area contributed by atoms with Gasteiger partial charge in [0.25, 0.3) is 0 Å². The van der Waals surface area contributed by atoms with E-state index in [0.29, 0.717) is 0 Å². The summed E-state index contributed by atoms with van der Waals surface area (Å²) in [7, 11) is 0. The average molecular weight is 916 g/mol. The van der Waals surface area contributed by atoms with E-state index in [9.17, 15) is 0 Å². The van der Waals surface area contributed by atoms with Crippen LogP contribution in [0, 0.1) is 0 Å². The zero-order valence-electron chi connectivity index (χ0n) is 39.7. The number of anilines is 3. The normalized spacial score (nSPS) is 12.3. The number of benzene rings is 12. The van der Waals surface area contributed by atoms with Crippen LogP contribution in [-0.2, 0) is 5.41 Å². The number of fused-ring (bicyclic) bond motifs is 4. The van der Waals surface area contributed by atoms with Gasteiger partial charge in [0.05, 0.1) is 11.1 Å². The summed E-state index contributed by atoms with van der Waals surface area (Å²) in [6.07, 6.45) is 0. The van der Waals surface area contributed by atoms with Crippen molar-refractivity contribution in [3.8, 4) is 66.8 Å². The summed E-state index contributed by atoms with van der Waals surface area (Å²) in [5.74, 6) is 0. The molecule has 0 amide bonds. The van der Waals surface area contributed by atoms with E-state index >= 15 is 0 Å². The van der Waals surface area contributed by atoms with Gasteiger partial charge in [0, 0.05) is 16.9 Å². The largest absolute Gasteiger partial charge is 0.310 e. The molecule has 1 nitrogen and oxygen atoms in total. The molecule has 12 aromatic carbocycles. The third-order valence-corrected chi connectivity index (χ3v) is 14.7. The predicted octanol–water partition coefficient (Wildman–Crippen LogP) is 19.0. The molecule has 338 valence electrons. The van der Waals surface area contributed by atoms with Crippen LogP contribution in [0.1, 0.15) is 22.3 Å². The fourth-order valence-corrected chi connectivity index (χ4v) is 11.4. The van der Waals surface area contributed by atoms with Gasteiger partial charge in [0.1, 0.15) is 0 Å². The van der Waals surface area contributed by atoms with Gasteiger partial charge < -0.3 is 4.90 Å². The van der Waals surface area contributed by atoms with Crippen LogP contribution < -0.4 is 4.90 Å². The maximum Gasteiger partial charge on any atom is 0.0713 e. The summed E-state index contributed by atoms with van der Waals surface area (Å²) in [5.41, 5.74) is 22.3. The molecule has 0 fully saturated rings. The number of nitrogens with zero attached hydrogens (tertiary/aromatic N) is 1. The van der Waals surface area contributed by atoms with Crippen LogP contribution in [-0.4, -0.2) is 0 Å². The van der Waals surface area contributed by atoms with E-state index in [1.807, 2.05) is 0 Å². The van der Waals surface area contributed by atoms with Crippen molar-refractivity contribution in [1.29, 1.82) is 0 Å². The topological polar surface area (TPSA) is 3.24 Å². The molecule has 0 N–H and O–H groups in total. The molecule has 0 unspecified atom stereocenters. The zero-order chi connectivity index (χ0) is 47.8. The number of para-hydroxylation sites is 1. The van der Waals surface area contributed by atoms with Crippen molar-refractivity contribution in [2.75, 3.05) is 4.90 Å². The molecular weight excluding hydrogens is 867 g/mol. The van der Waals surface area contributed by atoms with Gasteiger partial charge in [-0.3, -0.25) is 0 Å². The first-order valence-corrected chi connectivity index (χ1v) is 24.9. The summed E-state index contributed by atoms with van der Waals surface area (Å²) < 4.78 is 0. The summed E-state index contributed by atoms with van der Waals surface area (Å²) >= 11 is 0. The molecule has 0 radical (unpaired) electrons. The third-order valence-electron chi connectivity index (χ3n) is 14.7. The second kappa shape index (κ2) is 18.2. The van der Waals surface area contributed by atoms with Crippen LogP contribution in [0.25, 0.3) is 77.5 Å². The maximum absolute atomic E-state index is 2.45. The van der Waals surface area contributed by atoms with E-state index in [-0.39, 0.29) is 0 Å². The van der Waals surface area contributed by atoms with Crippen LogP contribution in [0.3, 0.4) is 0 Å². The van der Waals surface area contributed by atoms with Gasteiger partial charge >= 0.3 is 0 Å². The summed E-state index contributed by atoms with van der Waals surface area (Å²) in [6.45, 7) is 0. The highest BCUT2D eigenvalue weighted by Gasteiger charge is 2.46. The minimum atomic E-state index is -0.470. The van der Waals surface area contributed by atoms with E-state index < -0.39 is 5.41 Å². The van der Waals surface area contributed by atoms with Gasteiger partial charge in [-0.1, -0.05) is 249 Å². The molecule has 1 aliphatic carbocycles. The lowest BCUT2D eigenvalue weighted by Crippen LogP contribution is -2.28. The summed E-state index contributed by atoms with van der Waals surface area (Å²) in [5, 5.41) is 2.50. The zero-order valence-corrected chi connectivity index (χ0v) is 39.7. The Labute approximate surface area is 422 Å². The Bertz CT molecular complexity index is 3870. The van der Waals surface area contributed by atoms with E-state index in [4.69, 9.17) is 0 Å². The van der Waals surface area contributed by atoms with E-state index in [2.05, 4.69) is 302 Å². The van der Waals surface area contributed by atoms with Gasteiger partial charge in [0.2, 0.25) is 0 Å². The SMILES string of the molecule is c1ccc(-c2cccc(-c3ccccc3N(c3ccc(-c4ccc5c(c4)C(c4ccccc4)(c4ccccc4)c4ccccc4-5)cc3)c3cccc(-c4cccc(-c5cccc6ccccc56)c4)c3)c2)cc1. The number of rotatable bonds is 10. The standard InChI is InChI=1S/C71H49N/c1-4-20-50(21-5-1)53-24-16-28-58(46-53)65-35-13-15-39-70(65)72(62-33-18-26-55(48-62)54-25-17-27-57(47-54)64-37-19-23-52-22-10-11-34-63(52)64)61-43-40-51(41-44-61)56-42-45-67-66-36-12-14-38-68(66)71(69(67)49-56,59-29-6-2-7-30-59)60-31-8-3-9-32-60/h1-49H. The van der Waals surface area contributed by atoms with Gasteiger partial charge in [-0.05, 0) is 143 Å². The first-order valence-electron chi connectivity index (χ1n) is 24.9. The highest BCUT2D eigenvalue weighted by Crippen LogP contribution is 2.57. The molecule has 13 rings (SSSR count). The first-order chi connectivity index (χ1) is 35.7. The second-order valence-corrected chi connectivity index (χ2v) is 18.8. The molecule has 1 aliphatic rings. The molecule has 12 aromatic rings. The first kappa shape index (κ1) is 42.8. The Morgan fingerprint density at radius 3 is 1.43 bits per heavy atom. The lowest BCUT2D eigenvalue weighted by Gasteiger charge is -2.34. The molecular formula is C71H49N. The second-order valence-electron chi connectivity index (χ2n) is 18.8. The van der Waals surface area contributed by atoms with E-state index in [1.54, 1.807) is 0 Å². The minimum absolute atomic E-state index is 0.470. The van der Waals surface area contributed by atoms with Crippen LogP contribution in [0.4, 0.5) is 17.1 Å². The van der Waals surface area contributed by atoms with Gasteiger partial charge in [-0.15, -0.1) is 0 Å². The van der Waals surface area contributed by atoms with Crippen molar-refractivity contribution in [2.45, 2.75) is 5.41 Å². The Hall–Kier alpha value is -9.30. The molecule has 0 aliphatic heterocycles. The molecule has 0 saturated carbocycles. The molecule has 0 spiro atoms. The molecule has 72 heavy (non-hydrogen) atoms. The Morgan fingerprint density at radius 2 is 0.694 bits per heavy atom. The van der Waals surface area contributed by atoms with Gasteiger partial charge in [-0.25, -0.2) is 0 Å². The molecule has 0 heterocycles. The third kappa shape index (κ3) is 7.42. The highest BCUT2D eigenvalue weighted by atomic mass is 15.1. The van der Waals surface area contributed by atoms with Crippen molar-refractivity contribution in [1.82, 2.24) is 0 Å². The molecule has 0 atom stereocenters. The summed E-state index contributed by atoms with van der Waals surface area (Å²) in [4.78, 5) is 2.43. The van der Waals surface area contributed by atoms with E-state index in [1.165, 1.54) is 77.5 Å². The molecule has 1 heteroatoms. The fourth-order valence-electron chi connectivity index (χ4n) is 11.4. The quantitative estimate of drug-likeness (QED) is 0.132. The Kier molecular flexibility index (Phi) is 10.8. The number of hydrogen-bond acceptors (Lipinski definition) is 1. The highest BCUT2D eigenvalue weighted by molar-refractivity contribution is 5.98.